The third kappa shape index (κ3) is 2.21. The predicted molar refractivity (Wildman–Crippen MR) is 72.4 cm³/mol. The molecular weight excluding hydrogens is 226 g/mol. The predicted octanol–water partition coefficient (Wildman–Crippen LogP) is 2.69. The molecule has 1 aromatic rings. The van der Waals surface area contributed by atoms with Gasteiger partial charge in [-0.1, -0.05) is 0 Å². The van der Waals surface area contributed by atoms with Crippen LogP contribution in [0.3, 0.4) is 0 Å². The first-order chi connectivity index (χ1) is 8.25. The maximum absolute atomic E-state index is 10.5. The molecule has 1 fully saturated rings. The Bertz CT molecular complexity index is 395. The zero-order valence-electron chi connectivity index (χ0n) is 12.1. The van der Waals surface area contributed by atoms with E-state index in [0.717, 1.165) is 12.8 Å². The van der Waals surface area contributed by atoms with Crippen molar-refractivity contribution in [2.24, 2.45) is 5.92 Å². The van der Waals surface area contributed by atoms with Gasteiger partial charge < -0.3 is 9.52 Å². The second-order valence-electron chi connectivity index (χ2n) is 6.74. The van der Waals surface area contributed by atoms with Gasteiger partial charge in [-0.15, -0.1) is 0 Å². The summed E-state index contributed by atoms with van der Waals surface area (Å²) in [7, 11) is 2.16. The lowest BCUT2D eigenvalue weighted by Crippen LogP contribution is -2.65. The molecule has 1 N–H and O–H groups in total. The highest BCUT2D eigenvalue weighted by atomic mass is 16.3. The Morgan fingerprint density at radius 2 is 2.06 bits per heavy atom. The third-order valence-corrected chi connectivity index (χ3v) is 4.89. The second-order valence-corrected chi connectivity index (χ2v) is 6.74. The number of hydrogen-bond donors (Lipinski definition) is 1. The van der Waals surface area contributed by atoms with E-state index < -0.39 is 0 Å². The zero-order chi connectivity index (χ0) is 13.6. The highest BCUT2D eigenvalue weighted by Gasteiger charge is 2.49. The van der Waals surface area contributed by atoms with E-state index in [1.54, 1.807) is 12.5 Å². The molecule has 2 heterocycles. The van der Waals surface area contributed by atoms with E-state index in [9.17, 15) is 5.11 Å². The van der Waals surface area contributed by atoms with Crippen molar-refractivity contribution in [3.8, 4) is 0 Å². The Hall–Kier alpha value is -0.800. The normalized spacial score (nSPS) is 31.4. The molecule has 2 atom stereocenters. The molecule has 0 bridgehead atoms. The fourth-order valence-corrected chi connectivity index (χ4v) is 3.34. The maximum Gasteiger partial charge on any atom is 0.0934 e. The molecule has 1 saturated heterocycles. The van der Waals surface area contributed by atoms with E-state index in [0.29, 0.717) is 0 Å². The summed E-state index contributed by atoms with van der Waals surface area (Å²) in [4.78, 5) is 2.40. The summed E-state index contributed by atoms with van der Waals surface area (Å²) in [5, 5.41) is 10.5. The van der Waals surface area contributed by atoms with Gasteiger partial charge in [-0.3, -0.25) is 4.90 Å². The maximum atomic E-state index is 10.5. The third-order valence-electron chi connectivity index (χ3n) is 4.89. The Morgan fingerprint density at radius 1 is 1.39 bits per heavy atom. The van der Waals surface area contributed by atoms with Crippen LogP contribution in [-0.2, 0) is 6.42 Å². The van der Waals surface area contributed by atoms with E-state index in [2.05, 4.69) is 39.6 Å². The van der Waals surface area contributed by atoms with Gasteiger partial charge in [0.1, 0.15) is 0 Å². The van der Waals surface area contributed by atoms with Gasteiger partial charge in [0, 0.05) is 17.0 Å². The summed E-state index contributed by atoms with van der Waals surface area (Å²) < 4.78 is 5.13. The highest BCUT2D eigenvalue weighted by Crippen LogP contribution is 2.42. The molecule has 1 aliphatic rings. The van der Waals surface area contributed by atoms with Crippen LogP contribution in [0.4, 0.5) is 0 Å². The lowest BCUT2D eigenvalue weighted by Gasteiger charge is -2.57. The van der Waals surface area contributed by atoms with E-state index in [-0.39, 0.29) is 23.1 Å². The number of rotatable bonds is 2. The molecule has 0 spiro atoms. The molecule has 1 aliphatic heterocycles. The molecule has 0 aliphatic carbocycles. The smallest absolute Gasteiger partial charge is 0.0934 e. The second kappa shape index (κ2) is 4.39. The van der Waals surface area contributed by atoms with Crippen LogP contribution in [0.15, 0.2) is 23.0 Å². The van der Waals surface area contributed by atoms with Crippen molar-refractivity contribution in [1.29, 1.82) is 0 Å². The standard InChI is InChI=1S/C15H25NO2/c1-14(2)9-13(17)12(15(3,4)16(14)5)8-11-6-7-18-10-11/h6-7,10,12-13,17H,8-9H2,1-5H3. The highest BCUT2D eigenvalue weighted by molar-refractivity contribution is 5.12. The largest absolute Gasteiger partial charge is 0.472 e. The Kier molecular flexibility index (Phi) is 3.32. The minimum absolute atomic E-state index is 0.0293. The van der Waals surface area contributed by atoms with E-state index in [4.69, 9.17) is 4.42 Å². The van der Waals surface area contributed by atoms with Crippen LogP contribution in [-0.4, -0.2) is 34.2 Å². The van der Waals surface area contributed by atoms with Crippen LogP contribution in [0.25, 0.3) is 0 Å². The summed E-state index contributed by atoms with van der Waals surface area (Å²) in [6.07, 6.45) is 4.90. The van der Waals surface area contributed by atoms with Crippen LogP contribution in [0.1, 0.15) is 39.7 Å². The quantitative estimate of drug-likeness (QED) is 0.878. The molecule has 2 rings (SSSR count). The van der Waals surface area contributed by atoms with Crippen molar-refractivity contribution in [1.82, 2.24) is 4.90 Å². The van der Waals surface area contributed by atoms with Crippen molar-refractivity contribution in [3.05, 3.63) is 24.2 Å². The van der Waals surface area contributed by atoms with Gasteiger partial charge in [-0.05, 0) is 59.2 Å². The molecule has 0 saturated carbocycles. The van der Waals surface area contributed by atoms with Crippen LogP contribution >= 0.6 is 0 Å². The van der Waals surface area contributed by atoms with Crippen molar-refractivity contribution in [2.75, 3.05) is 7.05 Å². The molecule has 3 nitrogen and oxygen atoms in total. The summed E-state index contributed by atoms with van der Waals surface area (Å²) in [6, 6.07) is 1.99. The molecular formula is C15H25NO2. The van der Waals surface area contributed by atoms with E-state index in [1.165, 1.54) is 5.56 Å². The first kappa shape index (κ1) is 13.6. The Morgan fingerprint density at radius 3 is 2.61 bits per heavy atom. The van der Waals surface area contributed by atoms with Crippen LogP contribution in [0.5, 0.6) is 0 Å². The van der Waals surface area contributed by atoms with Gasteiger partial charge in [0.25, 0.3) is 0 Å². The van der Waals surface area contributed by atoms with Gasteiger partial charge in [0.05, 0.1) is 18.6 Å². The molecule has 0 amide bonds. The van der Waals surface area contributed by atoms with Gasteiger partial charge >= 0.3 is 0 Å². The zero-order valence-corrected chi connectivity index (χ0v) is 12.1. The molecule has 102 valence electrons. The monoisotopic (exact) mass is 251 g/mol. The molecule has 2 unspecified atom stereocenters. The molecule has 18 heavy (non-hydrogen) atoms. The van der Waals surface area contributed by atoms with Crippen LogP contribution in [0.2, 0.25) is 0 Å². The number of hydrogen-bond acceptors (Lipinski definition) is 3. The van der Waals surface area contributed by atoms with Gasteiger partial charge in [0.2, 0.25) is 0 Å². The fourth-order valence-electron chi connectivity index (χ4n) is 3.34. The number of likely N-dealkylation sites (tertiary alicyclic amines) is 1. The van der Waals surface area contributed by atoms with Crippen LogP contribution < -0.4 is 0 Å². The first-order valence-corrected chi connectivity index (χ1v) is 6.68. The summed E-state index contributed by atoms with van der Waals surface area (Å²) in [6.45, 7) is 8.85. The Labute approximate surface area is 110 Å². The summed E-state index contributed by atoms with van der Waals surface area (Å²) >= 11 is 0. The minimum Gasteiger partial charge on any atom is -0.472 e. The number of nitrogens with zero attached hydrogens (tertiary/aromatic N) is 1. The van der Waals surface area contributed by atoms with Crippen molar-refractivity contribution in [2.45, 2.75) is 57.7 Å². The molecule has 0 radical (unpaired) electrons. The molecule has 3 heteroatoms. The van der Waals surface area contributed by atoms with Gasteiger partial charge in [-0.2, -0.15) is 0 Å². The average molecular weight is 251 g/mol. The summed E-state index contributed by atoms with van der Waals surface area (Å²) in [5.74, 6) is 0.230. The number of aliphatic hydroxyl groups excluding tert-OH is 1. The molecule has 0 aromatic carbocycles. The number of aliphatic hydroxyl groups is 1. The topological polar surface area (TPSA) is 36.6 Å². The van der Waals surface area contributed by atoms with Crippen LogP contribution in [0, 0.1) is 5.92 Å². The van der Waals surface area contributed by atoms with Gasteiger partial charge in [0.15, 0.2) is 0 Å². The van der Waals surface area contributed by atoms with Crippen molar-refractivity contribution >= 4 is 0 Å². The van der Waals surface area contributed by atoms with E-state index >= 15 is 0 Å². The van der Waals surface area contributed by atoms with Crippen molar-refractivity contribution in [3.63, 3.8) is 0 Å². The minimum atomic E-state index is -0.263. The first-order valence-electron chi connectivity index (χ1n) is 6.68. The number of furan rings is 1. The SMILES string of the molecule is CN1C(C)(C)CC(O)C(Cc2ccoc2)C1(C)C. The lowest BCUT2D eigenvalue weighted by molar-refractivity contribution is -0.111. The Balaban J connectivity index is 2.24. The average Bonchev–Trinajstić information content (AvgIpc) is 2.74. The fraction of sp³-hybridized carbons (Fsp3) is 0.733. The lowest BCUT2D eigenvalue weighted by atomic mass is 9.69. The van der Waals surface area contributed by atoms with Crippen molar-refractivity contribution < 1.29 is 9.52 Å². The molecule has 1 aromatic heterocycles. The van der Waals surface area contributed by atoms with E-state index in [1.807, 2.05) is 6.07 Å². The van der Waals surface area contributed by atoms with Gasteiger partial charge in [-0.25, -0.2) is 0 Å². The summed E-state index contributed by atoms with van der Waals surface area (Å²) in [5.41, 5.74) is 1.18. The number of piperidine rings is 1.